The second-order valence-corrected chi connectivity index (χ2v) is 7.09. The van der Waals surface area contributed by atoms with Gasteiger partial charge in [-0.15, -0.1) is 0 Å². The third-order valence-electron chi connectivity index (χ3n) is 2.86. The van der Waals surface area contributed by atoms with Gasteiger partial charge in [0.15, 0.2) is 9.84 Å². The van der Waals surface area contributed by atoms with Crippen LogP contribution in [-0.4, -0.2) is 14.2 Å². The van der Waals surface area contributed by atoms with E-state index in [1.54, 1.807) is 43.3 Å². The predicted molar refractivity (Wildman–Crippen MR) is 79.6 cm³/mol. The number of sulfone groups is 1. The number of rotatable bonds is 3. The van der Waals surface area contributed by atoms with E-state index in [0.717, 1.165) is 11.1 Å². The van der Waals surface area contributed by atoms with Crippen LogP contribution in [0.3, 0.4) is 0 Å². The van der Waals surface area contributed by atoms with Crippen molar-refractivity contribution in [3.05, 3.63) is 52.5 Å². The first-order valence-corrected chi connectivity index (χ1v) is 8.13. The summed E-state index contributed by atoms with van der Waals surface area (Å²) in [5.41, 5.74) is 1.62. The summed E-state index contributed by atoms with van der Waals surface area (Å²) in [4.78, 5) is 0.317. The van der Waals surface area contributed by atoms with E-state index in [4.69, 9.17) is 23.2 Å². The highest BCUT2D eigenvalue weighted by Gasteiger charge is 2.12. The molecule has 0 radical (unpaired) electrons. The number of halogens is 2. The largest absolute Gasteiger partial charge is 0.224 e. The fraction of sp³-hybridized carbons (Fsp3) is 0.143. The zero-order valence-electron chi connectivity index (χ0n) is 10.2. The highest BCUT2D eigenvalue weighted by atomic mass is 35.5. The smallest absolute Gasteiger partial charge is 0.178 e. The van der Waals surface area contributed by atoms with E-state index in [1.807, 2.05) is 6.07 Å². The summed E-state index contributed by atoms with van der Waals surface area (Å²) in [5.74, 6) is 0.0876. The molecule has 0 unspecified atom stereocenters. The third-order valence-corrected chi connectivity index (χ3v) is 5.43. The van der Waals surface area contributed by atoms with Gasteiger partial charge in [0.25, 0.3) is 0 Å². The summed E-state index contributed by atoms with van der Waals surface area (Å²) in [7, 11) is -3.17. The monoisotopic (exact) mass is 314 g/mol. The minimum absolute atomic E-state index is 0.0876. The van der Waals surface area contributed by atoms with Crippen LogP contribution in [-0.2, 0) is 9.84 Å². The lowest BCUT2D eigenvalue weighted by atomic mass is 10.1. The fourth-order valence-electron chi connectivity index (χ4n) is 1.74. The van der Waals surface area contributed by atoms with Gasteiger partial charge in [0, 0.05) is 5.56 Å². The van der Waals surface area contributed by atoms with Gasteiger partial charge in [-0.25, -0.2) is 8.42 Å². The Morgan fingerprint density at radius 1 is 1.00 bits per heavy atom. The molecule has 0 saturated carbocycles. The van der Waals surface area contributed by atoms with Crippen LogP contribution in [0.4, 0.5) is 0 Å². The Labute approximate surface area is 122 Å². The summed E-state index contributed by atoms with van der Waals surface area (Å²) in [6.45, 7) is 1.62. The Morgan fingerprint density at radius 3 is 2.21 bits per heavy atom. The molecule has 0 spiro atoms. The van der Waals surface area contributed by atoms with Crippen LogP contribution in [0.15, 0.2) is 47.4 Å². The van der Waals surface area contributed by atoms with Gasteiger partial charge in [-0.05, 0) is 23.8 Å². The normalized spacial score (nSPS) is 11.5. The number of benzene rings is 2. The number of hydrogen-bond donors (Lipinski definition) is 0. The van der Waals surface area contributed by atoms with Crippen molar-refractivity contribution >= 4 is 33.0 Å². The van der Waals surface area contributed by atoms with E-state index < -0.39 is 9.84 Å². The topological polar surface area (TPSA) is 34.1 Å². The maximum Gasteiger partial charge on any atom is 0.178 e. The van der Waals surface area contributed by atoms with E-state index in [1.165, 1.54) is 0 Å². The summed E-state index contributed by atoms with van der Waals surface area (Å²) < 4.78 is 23.4. The van der Waals surface area contributed by atoms with Crippen molar-refractivity contribution in [2.24, 2.45) is 0 Å². The van der Waals surface area contributed by atoms with Gasteiger partial charge >= 0.3 is 0 Å². The van der Waals surface area contributed by atoms with Gasteiger partial charge < -0.3 is 0 Å². The average Bonchev–Trinajstić information content (AvgIpc) is 2.42. The Balaban J connectivity index is 2.47. The van der Waals surface area contributed by atoms with Crippen LogP contribution in [0, 0.1) is 0 Å². The van der Waals surface area contributed by atoms with Gasteiger partial charge in [0.05, 0.1) is 20.7 Å². The van der Waals surface area contributed by atoms with E-state index in [2.05, 4.69) is 0 Å². The highest BCUT2D eigenvalue weighted by molar-refractivity contribution is 7.91. The molecule has 0 heterocycles. The molecule has 2 aromatic carbocycles. The van der Waals surface area contributed by atoms with Crippen molar-refractivity contribution in [3.63, 3.8) is 0 Å². The molecule has 0 saturated heterocycles. The quantitative estimate of drug-likeness (QED) is 0.838. The molecular formula is C14H12Cl2O2S. The minimum Gasteiger partial charge on any atom is -0.224 e. The lowest BCUT2D eigenvalue weighted by molar-refractivity contribution is 0.597. The second-order valence-electron chi connectivity index (χ2n) is 4.03. The van der Waals surface area contributed by atoms with Crippen molar-refractivity contribution < 1.29 is 8.42 Å². The maximum atomic E-state index is 11.7. The molecule has 2 aromatic rings. The van der Waals surface area contributed by atoms with Crippen LogP contribution in [0.2, 0.25) is 10.0 Å². The average molecular weight is 315 g/mol. The molecule has 19 heavy (non-hydrogen) atoms. The molecule has 0 aliphatic heterocycles. The molecule has 2 rings (SSSR count). The van der Waals surface area contributed by atoms with E-state index in [0.29, 0.717) is 14.9 Å². The fourth-order valence-corrected chi connectivity index (χ4v) is 3.03. The van der Waals surface area contributed by atoms with Crippen LogP contribution in [0.5, 0.6) is 0 Å². The van der Waals surface area contributed by atoms with E-state index >= 15 is 0 Å². The van der Waals surface area contributed by atoms with Crippen LogP contribution < -0.4 is 0 Å². The highest BCUT2D eigenvalue weighted by Crippen LogP contribution is 2.33. The van der Waals surface area contributed by atoms with Crippen LogP contribution >= 0.6 is 23.2 Å². The third kappa shape index (κ3) is 2.94. The standard InChI is InChI=1S/C14H12Cl2O2S/c1-2-19(17,18)11-8-6-10(7-9-11)12-4-3-5-13(15)14(12)16/h3-9H,2H2,1H3. The summed E-state index contributed by atoms with van der Waals surface area (Å²) in [5, 5.41) is 0.944. The van der Waals surface area contributed by atoms with Crippen LogP contribution in [0.1, 0.15) is 6.92 Å². The molecular weight excluding hydrogens is 303 g/mol. The Kier molecular flexibility index (Phi) is 4.19. The molecule has 100 valence electrons. The van der Waals surface area contributed by atoms with Crippen molar-refractivity contribution in [3.8, 4) is 11.1 Å². The van der Waals surface area contributed by atoms with Gasteiger partial charge in [0.2, 0.25) is 0 Å². The van der Waals surface area contributed by atoms with Crippen LogP contribution in [0.25, 0.3) is 11.1 Å². The SMILES string of the molecule is CCS(=O)(=O)c1ccc(-c2cccc(Cl)c2Cl)cc1. The molecule has 5 heteroatoms. The lowest BCUT2D eigenvalue weighted by Gasteiger charge is -2.07. The molecule has 2 nitrogen and oxygen atoms in total. The molecule has 0 aliphatic carbocycles. The predicted octanol–water partition coefficient (Wildman–Crippen LogP) is 4.45. The molecule has 0 atom stereocenters. The molecule has 0 fully saturated rings. The molecule has 0 N–H and O–H groups in total. The van der Waals surface area contributed by atoms with Gasteiger partial charge in [-0.2, -0.15) is 0 Å². The van der Waals surface area contributed by atoms with E-state index in [-0.39, 0.29) is 5.75 Å². The minimum atomic E-state index is -3.17. The Morgan fingerprint density at radius 2 is 1.63 bits per heavy atom. The molecule has 0 bridgehead atoms. The van der Waals surface area contributed by atoms with E-state index in [9.17, 15) is 8.42 Å². The summed E-state index contributed by atoms with van der Waals surface area (Å²) in [6.07, 6.45) is 0. The number of hydrogen-bond acceptors (Lipinski definition) is 2. The maximum absolute atomic E-state index is 11.7. The Bertz CT molecular complexity index is 692. The second kappa shape index (κ2) is 5.53. The van der Waals surface area contributed by atoms with Crippen molar-refractivity contribution in [2.75, 3.05) is 5.75 Å². The zero-order valence-corrected chi connectivity index (χ0v) is 12.6. The van der Waals surface area contributed by atoms with Crippen molar-refractivity contribution in [1.82, 2.24) is 0 Å². The van der Waals surface area contributed by atoms with Gasteiger partial charge in [-0.1, -0.05) is 54.4 Å². The van der Waals surface area contributed by atoms with Crippen molar-refractivity contribution in [1.29, 1.82) is 0 Å². The first-order chi connectivity index (χ1) is 8.95. The molecule has 0 aliphatic rings. The van der Waals surface area contributed by atoms with Gasteiger partial charge in [-0.3, -0.25) is 0 Å². The Hall–Kier alpha value is -1.03. The van der Waals surface area contributed by atoms with Gasteiger partial charge in [0.1, 0.15) is 0 Å². The lowest BCUT2D eigenvalue weighted by Crippen LogP contribution is -2.03. The summed E-state index contributed by atoms with van der Waals surface area (Å²) >= 11 is 12.1. The molecule has 0 amide bonds. The first kappa shape index (κ1) is 14.4. The van der Waals surface area contributed by atoms with Crippen molar-refractivity contribution in [2.45, 2.75) is 11.8 Å². The zero-order chi connectivity index (χ0) is 14.0. The summed E-state index contributed by atoms with van der Waals surface area (Å²) in [6, 6.07) is 12.0. The first-order valence-electron chi connectivity index (χ1n) is 5.73. The molecule has 0 aromatic heterocycles.